The summed E-state index contributed by atoms with van der Waals surface area (Å²) in [6, 6.07) is 8.73. The van der Waals surface area contributed by atoms with E-state index in [1.165, 1.54) is 22.7 Å². The Morgan fingerprint density at radius 1 is 1.30 bits per heavy atom. The highest BCUT2D eigenvalue weighted by Crippen LogP contribution is 2.25. The fraction of sp³-hybridized carbons (Fsp3) is 0.308. The first-order chi connectivity index (χ1) is 9.54. The molecule has 0 radical (unpaired) electrons. The quantitative estimate of drug-likeness (QED) is 0.877. The average Bonchev–Trinajstić information content (AvgIpc) is 2.89. The number of hydrogen-bond acceptors (Lipinski definition) is 5. The maximum Gasteiger partial charge on any atom is 0.252 e. The van der Waals surface area contributed by atoms with Gasteiger partial charge in [0.1, 0.15) is 4.21 Å². The summed E-state index contributed by atoms with van der Waals surface area (Å²) >= 11 is 1.19. The van der Waals surface area contributed by atoms with Crippen molar-refractivity contribution in [3.05, 3.63) is 47.1 Å². The van der Waals surface area contributed by atoms with Crippen LogP contribution >= 0.6 is 11.3 Å². The maximum absolute atomic E-state index is 12.4. The Labute approximate surface area is 122 Å². The zero-order valence-electron chi connectivity index (χ0n) is 11.1. The third kappa shape index (κ3) is 3.43. The van der Waals surface area contributed by atoms with Crippen LogP contribution in [0.15, 0.2) is 40.7 Å². The molecule has 2 aromatic rings. The minimum Gasteiger partial charge on any atom is -0.396 e. The highest BCUT2D eigenvalue weighted by Gasteiger charge is 2.23. The van der Waals surface area contributed by atoms with Gasteiger partial charge in [-0.1, -0.05) is 6.07 Å². The summed E-state index contributed by atoms with van der Waals surface area (Å²) in [6.07, 6.45) is 2.12. The smallest absolute Gasteiger partial charge is 0.252 e. The highest BCUT2D eigenvalue weighted by atomic mass is 32.2. The predicted octanol–water partition coefficient (Wildman–Crippen LogP) is 1.50. The number of sulfonamides is 1. The van der Waals surface area contributed by atoms with E-state index in [9.17, 15) is 8.42 Å². The molecule has 0 aromatic carbocycles. The van der Waals surface area contributed by atoms with Gasteiger partial charge in [-0.05, 0) is 24.3 Å². The number of aromatic nitrogens is 1. The minimum absolute atomic E-state index is 0.0176. The molecule has 0 unspecified atom stereocenters. The lowest BCUT2D eigenvalue weighted by molar-refractivity contribution is 0.300. The molecule has 7 heteroatoms. The Morgan fingerprint density at radius 2 is 2.10 bits per heavy atom. The fourth-order valence-corrected chi connectivity index (χ4v) is 4.40. The van der Waals surface area contributed by atoms with Crippen molar-refractivity contribution < 1.29 is 13.5 Å². The van der Waals surface area contributed by atoms with Crippen LogP contribution in [0.2, 0.25) is 0 Å². The molecular formula is C13H16N2O3S2. The molecule has 0 amide bonds. The van der Waals surface area contributed by atoms with E-state index in [-0.39, 0.29) is 13.2 Å². The normalized spacial score (nSPS) is 11.9. The summed E-state index contributed by atoms with van der Waals surface area (Å²) in [4.78, 5) is 4.98. The van der Waals surface area contributed by atoms with Gasteiger partial charge in [-0.15, -0.1) is 11.3 Å². The minimum atomic E-state index is -3.50. The summed E-state index contributed by atoms with van der Waals surface area (Å²) in [5, 5.41) is 8.87. The molecule has 0 saturated carbocycles. The Bertz CT molecular complexity index is 653. The first-order valence-electron chi connectivity index (χ1n) is 6.10. The lowest BCUT2D eigenvalue weighted by Gasteiger charge is -2.15. The second kappa shape index (κ2) is 6.45. The molecule has 0 bridgehead atoms. The van der Waals surface area contributed by atoms with E-state index in [1.807, 2.05) is 6.07 Å². The van der Waals surface area contributed by atoms with Crippen LogP contribution in [0.3, 0.4) is 0 Å². The van der Waals surface area contributed by atoms with Crippen molar-refractivity contribution in [3.63, 3.8) is 0 Å². The monoisotopic (exact) mass is 312 g/mol. The molecule has 0 aliphatic carbocycles. The number of nitrogens with zero attached hydrogens (tertiary/aromatic N) is 2. The van der Waals surface area contributed by atoms with Crippen LogP contribution in [0.25, 0.3) is 0 Å². The summed E-state index contributed by atoms with van der Waals surface area (Å²) in [7, 11) is -1.97. The lowest BCUT2D eigenvalue weighted by Crippen LogP contribution is -2.26. The highest BCUT2D eigenvalue weighted by molar-refractivity contribution is 7.91. The predicted molar refractivity (Wildman–Crippen MR) is 78.0 cm³/mol. The van der Waals surface area contributed by atoms with E-state index in [2.05, 4.69) is 4.98 Å². The van der Waals surface area contributed by atoms with Gasteiger partial charge < -0.3 is 5.11 Å². The van der Waals surface area contributed by atoms with Gasteiger partial charge in [0.25, 0.3) is 10.0 Å². The molecule has 2 heterocycles. The van der Waals surface area contributed by atoms with Gasteiger partial charge in [0, 0.05) is 31.1 Å². The zero-order valence-corrected chi connectivity index (χ0v) is 12.7. The molecule has 2 aromatic heterocycles. The fourth-order valence-electron chi connectivity index (χ4n) is 1.70. The van der Waals surface area contributed by atoms with Gasteiger partial charge in [0.05, 0.1) is 12.2 Å². The number of hydrogen-bond donors (Lipinski definition) is 1. The summed E-state index contributed by atoms with van der Waals surface area (Å²) in [5.41, 5.74) is 0.700. The average molecular weight is 312 g/mol. The standard InChI is InChI=1S/C13H16N2O3S2/c1-15(10-11-4-2-3-8-14-11)20(17,18)13-6-5-12(19-13)7-9-16/h2-6,8,16H,7,9-10H2,1H3. The van der Waals surface area contributed by atoms with E-state index in [0.29, 0.717) is 16.3 Å². The topological polar surface area (TPSA) is 70.5 Å². The SMILES string of the molecule is CN(Cc1ccccn1)S(=O)(=O)c1ccc(CCO)s1. The van der Waals surface area contributed by atoms with Gasteiger partial charge in [0.15, 0.2) is 0 Å². The van der Waals surface area contributed by atoms with E-state index < -0.39 is 10.0 Å². The Hall–Kier alpha value is -1.28. The molecule has 0 aliphatic rings. The third-order valence-electron chi connectivity index (χ3n) is 2.77. The van der Waals surface area contributed by atoms with Gasteiger partial charge >= 0.3 is 0 Å². The Kier molecular flexibility index (Phi) is 4.87. The number of aliphatic hydroxyl groups is 1. The van der Waals surface area contributed by atoms with Crippen LogP contribution in [-0.2, 0) is 23.0 Å². The van der Waals surface area contributed by atoms with Crippen molar-refractivity contribution in [2.45, 2.75) is 17.2 Å². The molecule has 0 saturated heterocycles. The largest absolute Gasteiger partial charge is 0.396 e. The number of pyridine rings is 1. The molecular weight excluding hydrogens is 296 g/mol. The summed E-state index contributed by atoms with van der Waals surface area (Å²) in [5.74, 6) is 0. The third-order valence-corrected chi connectivity index (χ3v) is 6.19. The second-order valence-electron chi connectivity index (χ2n) is 4.28. The van der Waals surface area contributed by atoms with Crippen LogP contribution in [0.1, 0.15) is 10.6 Å². The van der Waals surface area contributed by atoms with Crippen molar-refractivity contribution in [2.24, 2.45) is 0 Å². The van der Waals surface area contributed by atoms with E-state index >= 15 is 0 Å². The van der Waals surface area contributed by atoms with Crippen LogP contribution in [-0.4, -0.2) is 36.5 Å². The first kappa shape index (κ1) is 15.1. The van der Waals surface area contributed by atoms with Gasteiger partial charge in [0.2, 0.25) is 0 Å². The van der Waals surface area contributed by atoms with Crippen LogP contribution in [0, 0.1) is 0 Å². The Morgan fingerprint density at radius 3 is 2.75 bits per heavy atom. The van der Waals surface area contributed by atoms with Crippen LogP contribution < -0.4 is 0 Å². The molecule has 5 nitrogen and oxygen atoms in total. The number of thiophene rings is 1. The molecule has 0 spiro atoms. The van der Waals surface area contributed by atoms with Crippen molar-refractivity contribution in [3.8, 4) is 0 Å². The van der Waals surface area contributed by atoms with Crippen LogP contribution in [0.5, 0.6) is 0 Å². The van der Waals surface area contributed by atoms with E-state index in [0.717, 1.165) is 4.88 Å². The van der Waals surface area contributed by atoms with Gasteiger partial charge in [-0.3, -0.25) is 4.98 Å². The molecule has 108 valence electrons. The first-order valence-corrected chi connectivity index (χ1v) is 8.35. The van der Waals surface area contributed by atoms with Crippen LogP contribution in [0.4, 0.5) is 0 Å². The second-order valence-corrected chi connectivity index (χ2v) is 7.72. The zero-order chi connectivity index (χ0) is 14.6. The molecule has 0 aliphatic heterocycles. The van der Waals surface area contributed by atoms with Crippen molar-refractivity contribution in [2.75, 3.05) is 13.7 Å². The summed E-state index contributed by atoms with van der Waals surface area (Å²) in [6.45, 7) is 0.250. The number of aliphatic hydroxyl groups excluding tert-OH is 1. The van der Waals surface area contributed by atoms with Gasteiger partial charge in [-0.2, -0.15) is 4.31 Å². The Balaban J connectivity index is 2.16. The van der Waals surface area contributed by atoms with E-state index in [4.69, 9.17) is 5.11 Å². The number of rotatable bonds is 6. The van der Waals surface area contributed by atoms with Crippen molar-refractivity contribution in [1.82, 2.24) is 9.29 Å². The molecule has 1 N–H and O–H groups in total. The van der Waals surface area contributed by atoms with Crippen molar-refractivity contribution >= 4 is 21.4 Å². The van der Waals surface area contributed by atoms with Gasteiger partial charge in [-0.25, -0.2) is 8.42 Å². The molecule has 0 fully saturated rings. The maximum atomic E-state index is 12.4. The molecule has 2 rings (SSSR count). The lowest BCUT2D eigenvalue weighted by atomic mass is 10.3. The molecule has 20 heavy (non-hydrogen) atoms. The van der Waals surface area contributed by atoms with Crippen molar-refractivity contribution in [1.29, 1.82) is 0 Å². The summed E-state index contributed by atoms with van der Waals surface area (Å²) < 4.78 is 26.4. The molecule has 0 atom stereocenters. The van der Waals surface area contributed by atoms with E-state index in [1.54, 1.807) is 30.5 Å².